The highest BCUT2D eigenvalue weighted by Gasteiger charge is 2.30. The number of hydrogen-bond donors (Lipinski definition) is 1. The third kappa shape index (κ3) is 8.70. The molecule has 0 unspecified atom stereocenters. The molecule has 1 N–H and O–H groups in total. The maximum atomic E-state index is 13.7. The minimum atomic E-state index is -3.53. The molecule has 0 aliphatic carbocycles. The molecular formula is C29H34BrN3O4S. The van der Waals surface area contributed by atoms with E-state index in [-0.39, 0.29) is 31.3 Å². The first kappa shape index (κ1) is 29.4. The average molecular weight is 601 g/mol. The van der Waals surface area contributed by atoms with Crippen LogP contribution in [-0.2, 0) is 32.6 Å². The molecule has 0 heterocycles. The maximum absolute atomic E-state index is 13.7. The van der Waals surface area contributed by atoms with E-state index in [1.807, 2.05) is 67.6 Å². The van der Waals surface area contributed by atoms with Crippen LogP contribution >= 0.6 is 15.9 Å². The van der Waals surface area contributed by atoms with Crippen molar-refractivity contribution in [3.63, 3.8) is 0 Å². The molecule has 0 radical (unpaired) electrons. The van der Waals surface area contributed by atoms with Gasteiger partial charge in [-0.15, -0.1) is 0 Å². The van der Waals surface area contributed by atoms with Crippen molar-refractivity contribution in [3.8, 4) is 0 Å². The third-order valence-electron chi connectivity index (χ3n) is 6.06. The number of likely N-dealkylation sites (N-methyl/N-ethyl adjacent to an activating group) is 1. The summed E-state index contributed by atoms with van der Waals surface area (Å²) in [7, 11) is -3.53. The number of hydrogen-bond acceptors (Lipinski definition) is 4. The fourth-order valence-corrected chi connectivity index (χ4v) is 5.69. The van der Waals surface area contributed by atoms with Crippen molar-refractivity contribution in [1.29, 1.82) is 0 Å². The normalized spacial score (nSPS) is 12.0. The van der Waals surface area contributed by atoms with E-state index >= 15 is 0 Å². The molecule has 3 aromatic rings. The van der Waals surface area contributed by atoms with Gasteiger partial charge >= 0.3 is 0 Å². The van der Waals surface area contributed by atoms with E-state index in [0.29, 0.717) is 25.1 Å². The summed E-state index contributed by atoms with van der Waals surface area (Å²) in [4.78, 5) is 28.6. The SMILES string of the molecule is CCNC(=O)[C@H](Cc1ccccc1)N(Cc1cccc(Br)c1)C(=O)CCCN(c1ccccc1)S(C)(=O)=O. The first-order valence-corrected chi connectivity index (χ1v) is 15.2. The first-order valence-electron chi connectivity index (χ1n) is 12.6. The number of carbonyl (C=O) groups excluding carboxylic acids is 2. The standard InChI is InChI=1S/C29H34BrN3O4S/c1-3-31-29(35)27(21-23-12-6-4-7-13-23)32(22-24-14-10-15-25(30)20-24)28(34)18-11-19-33(38(2,36)37)26-16-8-5-9-17-26/h4-10,12-17,20,27H,3,11,18-19,21-22H2,1-2H3,(H,31,35)/t27-/m0/s1. The number of amides is 2. The molecule has 0 bridgehead atoms. The number of halogens is 1. The highest BCUT2D eigenvalue weighted by Crippen LogP contribution is 2.21. The summed E-state index contributed by atoms with van der Waals surface area (Å²) in [6.45, 7) is 2.70. The van der Waals surface area contributed by atoms with Crippen LogP contribution in [0.5, 0.6) is 0 Å². The summed E-state index contributed by atoms with van der Waals surface area (Å²) in [6.07, 6.45) is 1.93. The number of sulfonamides is 1. The minimum absolute atomic E-state index is 0.0948. The van der Waals surface area contributed by atoms with E-state index in [0.717, 1.165) is 21.9 Å². The second-order valence-corrected chi connectivity index (χ2v) is 11.8. The molecule has 38 heavy (non-hydrogen) atoms. The van der Waals surface area contributed by atoms with Crippen LogP contribution in [-0.4, -0.2) is 50.5 Å². The van der Waals surface area contributed by atoms with Crippen molar-refractivity contribution in [3.05, 3.63) is 101 Å². The van der Waals surface area contributed by atoms with Crippen LogP contribution in [0.1, 0.15) is 30.9 Å². The fraction of sp³-hybridized carbons (Fsp3) is 0.310. The molecular weight excluding hydrogens is 566 g/mol. The van der Waals surface area contributed by atoms with Gasteiger partial charge in [0.15, 0.2) is 0 Å². The Kier molecular flexibility index (Phi) is 10.9. The number of anilines is 1. The molecule has 0 aliphatic rings. The predicted molar refractivity (Wildman–Crippen MR) is 155 cm³/mol. The van der Waals surface area contributed by atoms with Crippen LogP contribution in [0.15, 0.2) is 89.4 Å². The lowest BCUT2D eigenvalue weighted by atomic mass is 10.0. The van der Waals surface area contributed by atoms with Gasteiger partial charge in [-0.05, 0) is 48.7 Å². The first-order chi connectivity index (χ1) is 18.2. The number of rotatable bonds is 13. The van der Waals surface area contributed by atoms with Gasteiger partial charge in [0.25, 0.3) is 0 Å². The van der Waals surface area contributed by atoms with E-state index in [9.17, 15) is 18.0 Å². The van der Waals surface area contributed by atoms with E-state index in [1.165, 1.54) is 4.31 Å². The Balaban J connectivity index is 1.85. The van der Waals surface area contributed by atoms with Gasteiger partial charge in [-0.25, -0.2) is 8.42 Å². The molecule has 0 aliphatic heterocycles. The van der Waals surface area contributed by atoms with Gasteiger partial charge < -0.3 is 10.2 Å². The average Bonchev–Trinajstić information content (AvgIpc) is 2.89. The van der Waals surface area contributed by atoms with E-state index in [1.54, 1.807) is 29.2 Å². The fourth-order valence-electron chi connectivity index (χ4n) is 4.28. The number of nitrogens with one attached hydrogen (secondary N) is 1. The van der Waals surface area contributed by atoms with Crippen molar-refractivity contribution in [1.82, 2.24) is 10.2 Å². The largest absolute Gasteiger partial charge is 0.355 e. The molecule has 0 saturated heterocycles. The molecule has 3 aromatic carbocycles. The maximum Gasteiger partial charge on any atom is 0.243 e. The zero-order valence-electron chi connectivity index (χ0n) is 21.7. The molecule has 0 aromatic heterocycles. The molecule has 7 nitrogen and oxygen atoms in total. The number of carbonyl (C=O) groups is 2. The summed E-state index contributed by atoms with van der Waals surface area (Å²) in [5.41, 5.74) is 2.39. The van der Waals surface area contributed by atoms with E-state index in [2.05, 4.69) is 21.2 Å². The van der Waals surface area contributed by atoms with Gasteiger partial charge in [0.05, 0.1) is 11.9 Å². The van der Waals surface area contributed by atoms with Gasteiger partial charge in [0, 0.05) is 36.9 Å². The Morgan fingerprint density at radius 2 is 1.55 bits per heavy atom. The van der Waals surface area contributed by atoms with E-state index < -0.39 is 16.1 Å². The number of para-hydroxylation sites is 1. The molecule has 0 fully saturated rings. The molecule has 202 valence electrons. The summed E-state index contributed by atoms with van der Waals surface area (Å²) in [6, 6.07) is 25.4. The number of nitrogens with zero attached hydrogens (tertiary/aromatic N) is 2. The highest BCUT2D eigenvalue weighted by atomic mass is 79.9. The Morgan fingerprint density at radius 3 is 2.16 bits per heavy atom. The number of benzene rings is 3. The van der Waals surface area contributed by atoms with Gasteiger partial charge in [-0.2, -0.15) is 0 Å². The van der Waals surface area contributed by atoms with Crippen molar-refractivity contribution in [2.45, 2.75) is 38.8 Å². The second kappa shape index (κ2) is 14.1. The van der Waals surface area contributed by atoms with Gasteiger partial charge in [0.2, 0.25) is 21.8 Å². The summed E-state index contributed by atoms with van der Waals surface area (Å²) in [5, 5.41) is 2.88. The Bertz CT molecular complexity index is 1300. The van der Waals surface area contributed by atoms with Crippen molar-refractivity contribution in [2.24, 2.45) is 0 Å². The Labute approximate surface area is 234 Å². The van der Waals surface area contributed by atoms with Crippen LogP contribution in [0, 0.1) is 0 Å². The van der Waals surface area contributed by atoms with Gasteiger partial charge in [0.1, 0.15) is 6.04 Å². The van der Waals surface area contributed by atoms with Crippen LogP contribution in [0.25, 0.3) is 0 Å². The molecule has 0 saturated carbocycles. The third-order valence-corrected chi connectivity index (χ3v) is 7.75. The molecule has 1 atom stereocenters. The van der Waals surface area contributed by atoms with Crippen LogP contribution in [0.3, 0.4) is 0 Å². The highest BCUT2D eigenvalue weighted by molar-refractivity contribution is 9.10. The van der Waals surface area contributed by atoms with E-state index in [4.69, 9.17) is 0 Å². The molecule has 0 spiro atoms. The predicted octanol–water partition coefficient (Wildman–Crippen LogP) is 4.77. The van der Waals surface area contributed by atoms with Crippen molar-refractivity contribution in [2.75, 3.05) is 23.7 Å². The van der Waals surface area contributed by atoms with Crippen LogP contribution < -0.4 is 9.62 Å². The molecule has 9 heteroatoms. The lowest BCUT2D eigenvalue weighted by Gasteiger charge is -2.32. The lowest BCUT2D eigenvalue weighted by molar-refractivity contribution is -0.141. The smallest absolute Gasteiger partial charge is 0.243 e. The second-order valence-electron chi connectivity index (χ2n) is 9.03. The zero-order valence-corrected chi connectivity index (χ0v) is 24.1. The Hall–Kier alpha value is -3.17. The van der Waals surface area contributed by atoms with Crippen LogP contribution in [0.2, 0.25) is 0 Å². The van der Waals surface area contributed by atoms with Crippen molar-refractivity contribution >= 4 is 43.5 Å². The van der Waals surface area contributed by atoms with Gasteiger partial charge in [-0.3, -0.25) is 13.9 Å². The summed E-state index contributed by atoms with van der Waals surface area (Å²) < 4.78 is 27.1. The minimum Gasteiger partial charge on any atom is -0.355 e. The molecule has 2 amide bonds. The van der Waals surface area contributed by atoms with Crippen molar-refractivity contribution < 1.29 is 18.0 Å². The Morgan fingerprint density at radius 1 is 0.921 bits per heavy atom. The molecule has 3 rings (SSSR count). The summed E-state index contributed by atoms with van der Waals surface area (Å²) in [5.74, 6) is -0.430. The van der Waals surface area contributed by atoms with Crippen LogP contribution in [0.4, 0.5) is 5.69 Å². The monoisotopic (exact) mass is 599 g/mol. The lowest BCUT2D eigenvalue weighted by Crippen LogP contribution is -2.50. The summed E-state index contributed by atoms with van der Waals surface area (Å²) >= 11 is 3.49. The quantitative estimate of drug-likeness (QED) is 0.306. The zero-order chi connectivity index (χ0) is 27.5. The van der Waals surface area contributed by atoms with Gasteiger partial charge in [-0.1, -0.05) is 76.6 Å². The topological polar surface area (TPSA) is 86.8 Å².